The van der Waals surface area contributed by atoms with Gasteiger partial charge in [-0.1, -0.05) is 18.2 Å². The van der Waals surface area contributed by atoms with Crippen molar-refractivity contribution >= 4 is 17.0 Å². The lowest BCUT2D eigenvalue weighted by atomic mass is 10.1. The van der Waals surface area contributed by atoms with E-state index in [-0.39, 0.29) is 5.43 Å². The Morgan fingerprint density at radius 2 is 2.19 bits per heavy atom. The summed E-state index contributed by atoms with van der Waals surface area (Å²) in [6, 6.07) is 6.97. The standard InChI is InChI=1S/C13H13NO2/c14-7-2-1-3-10-4-5-13-11(9-10)12(15)6-8-16-13/h1,3-6,8-9H,2,7,14H2. The van der Waals surface area contributed by atoms with Crippen molar-refractivity contribution in [1.29, 1.82) is 0 Å². The molecule has 82 valence electrons. The van der Waals surface area contributed by atoms with Gasteiger partial charge in [-0.15, -0.1) is 0 Å². The van der Waals surface area contributed by atoms with Crippen LogP contribution in [0.5, 0.6) is 0 Å². The smallest absolute Gasteiger partial charge is 0.192 e. The van der Waals surface area contributed by atoms with Crippen LogP contribution in [0, 0.1) is 0 Å². The molecule has 1 aromatic carbocycles. The minimum atomic E-state index is -0.0182. The van der Waals surface area contributed by atoms with Crippen LogP contribution in [0.3, 0.4) is 0 Å². The highest BCUT2D eigenvalue weighted by Gasteiger charge is 1.99. The van der Waals surface area contributed by atoms with Gasteiger partial charge in [0.05, 0.1) is 11.6 Å². The molecule has 0 saturated heterocycles. The zero-order valence-electron chi connectivity index (χ0n) is 8.85. The quantitative estimate of drug-likeness (QED) is 0.853. The number of benzene rings is 1. The minimum Gasteiger partial charge on any atom is -0.464 e. The van der Waals surface area contributed by atoms with Gasteiger partial charge in [0.2, 0.25) is 0 Å². The van der Waals surface area contributed by atoms with E-state index >= 15 is 0 Å². The molecular weight excluding hydrogens is 202 g/mol. The predicted octanol–water partition coefficient (Wildman–Crippen LogP) is 2.16. The highest BCUT2D eigenvalue weighted by molar-refractivity contribution is 5.79. The molecule has 16 heavy (non-hydrogen) atoms. The van der Waals surface area contributed by atoms with E-state index in [2.05, 4.69) is 0 Å². The molecule has 0 aliphatic heterocycles. The van der Waals surface area contributed by atoms with Crippen LogP contribution >= 0.6 is 0 Å². The number of nitrogens with two attached hydrogens (primary N) is 1. The second-order valence-electron chi connectivity index (χ2n) is 3.52. The highest BCUT2D eigenvalue weighted by atomic mass is 16.3. The predicted molar refractivity (Wildman–Crippen MR) is 65.2 cm³/mol. The van der Waals surface area contributed by atoms with Crippen LogP contribution in [0.15, 0.2) is 45.8 Å². The van der Waals surface area contributed by atoms with Crippen molar-refractivity contribution in [2.24, 2.45) is 5.73 Å². The van der Waals surface area contributed by atoms with Crippen molar-refractivity contribution in [3.05, 3.63) is 52.4 Å². The van der Waals surface area contributed by atoms with Crippen molar-refractivity contribution in [2.45, 2.75) is 6.42 Å². The van der Waals surface area contributed by atoms with Crippen LogP contribution < -0.4 is 11.2 Å². The first-order chi connectivity index (χ1) is 7.81. The molecule has 0 bridgehead atoms. The molecule has 2 N–H and O–H groups in total. The van der Waals surface area contributed by atoms with Gasteiger partial charge in [0, 0.05) is 6.07 Å². The molecule has 3 nitrogen and oxygen atoms in total. The fourth-order valence-corrected chi connectivity index (χ4v) is 1.52. The maximum absolute atomic E-state index is 11.6. The zero-order valence-corrected chi connectivity index (χ0v) is 8.85. The Bertz CT molecular complexity index is 569. The van der Waals surface area contributed by atoms with Gasteiger partial charge < -0.3 is 10.2 Å². The van der Waals surface area contributed by atoms with Crippen molar-refractivity contribution < 1.29 is 4.42 Å². The van der Waals surface area contributed by atoms with E-state index in [1.54, 1.807) is 6.07 Å². The molecule has 0 fully saturated rings. The Kier molecular flexibility index (Phi) is 3.17. The monoisotopic (exact) mass is 215 g/mol. The molecule has 2 rings (SSSR count). The van der Waals surface area contributed by atoms with Crippen molar-refractivity contribution in [3.8, 4) is 0 Å². The molecule has 0 aliphatic rings. The van der Waals surface area contributed by atoms with Gasteiger partial charge in [0.1, 0.15) is 5.58 Å². The van der Waals surface area contributed by atoms with Crippen molar-refractivity contribution in [2.75, 3.05) is 6.54 Å². The Hall–Kier alpha value is -1.87. The second-order valence-corrected chi connectivity index (χ2v) is 3.52. The fourth-order valence-electron chi connectivity index (χ4n) is 1.52. The van der Waals surface area contributed by atoms with Crippen molar-refractivity contribution in [3.63, 3.8) is 0 Å². The van der Waals surface area contributed by atoms with E-state index in [0.717, 1.165) is 12.0 Å². The summed E-state index contributed by atoms with van der Waals surface area (Å²) < 4.78 is 5.23. The molecule has 3 heteroatoms. The topological polar surface area (TPSA) is 56.2 Å². The van der Waals surface area contributed by atoms with Gasteiger partial charge in [0.25, 0.3) is 0 Å². The maximum atomic E-state index is 11.6. The third-order valence-electron chi connectivity index (χ3n) is 2.33. The Morgan fingerprint density at radius 1 is 1.31 bits per heavy atom. The summed E-state index contributed by atoms with van der Waals surface area (Å²) in [7, 11) is 0. The molecule has 0 saturated carbocycles. The summed E-state index contributed by atoms with van der Waals surface area (Å²) in [5.74, 6) is 0. The summed E-state index contributed by atoms with van der Waals surface area (Å²) >= 11 is 0. The van der Waals surface area contributed by atoms with Gasteiger partial charge in [-0.2, -0.15) is 0 Å². The molecule has 0 spiro atoms. The number of fused-ring (bicyclic) bond motifs is 1. The fraction of sp³-hybridized carbons (Fsp3) is 0.154. The Morgan fingerprint density at radius 3 is 3.00 bits per heavy atom. The van der Waals surface area contributed by atoms with Crippen LogP contribution in [0.4, 0.5) is 0 Å². The van der Waals surface area contributed by atoms with Crippen LogP contribution in [-0.2, 0) is 0 Å². The molecule has 2 aromatic rings. The second kappa shape index (κ2) is 4.77. The lowest BCUT2D eigenvalue weighted by Crippen LogP contribution is -1.98. The van der Waals surface area contributed by atoms with Crippen LogP contribution in [0.25, 0.3) is 17.0 Å². The molecule has 1 aromatic heterocycles. The summed E-state index contributed by atoms with van der Waals surface area (Å²) in [6.45, 7) is 0.631. The van der Waals surface area contributed by atoms with E-state index in [9.17, 15) is 4.79 Å². The van der Waals surface area contributed by atoms with Gasteiger partial charge in [-0.05, 0) is 30.7 Å². The Labute approximate surface area is 93.2 Å². The maximum Gasteiger partial charge on any atom is 0.192 e. The third kappa shape index (κ3) is 2.20. The molecule has 0 unspecified atom stereocenters. The first-order valence-electron chi connectivity index (χ1n) is 5.19. The third-order valence-corrected chi connectivity index (χ3v) is 2.33. The first kappa shape index (κ1) is 10.6. The summed E-state index contributed by atoms with van der Waals surface area (Å²) in [6.07, 6.45) is 6.19. The van der Waals surface area contributed by atoms with Gasteiger partial charge >= 0.3 is 0 Å². The molecule has 0 radical (unpaired) electrons. The molecular formula is C13H13NO2. The zero-order chi connectivity index (χ0) is 11.4. The van der Waals surface area contributed by atoms with Crippen molar-refractivity contribution in [1.82, 2.24) is 0 Å². The lowest BCUT2D eigenvalue weighted by molar-refractivity contribution is 0.602. The average molecular weight is 215 g/mol. The minimum absolute atomic E-state index is 0.0182. The number of rotatable bonds is 3. The largest absolute Gasteiger partial charge is 0.464 e. The Balaban J connectivity index is 2.43. The first-order valence-corrected chi connectivity index (χ1v) is 5.19. The normalized spacial score (nSPS) is 11.3. The highest BCUT2D eigenvalue weighted by Crippen LogP contribution is 2.13. The number of hydrogen-bond acceptors (Lipinski definition) is 3. The van der Waals surface area contributed by atoms with Crippen LogP contribution in [0.1, 0.15) is 12.0 Å². The van der Waals surface area contributed by atoms with E-state index in [4.69, 9.17) is 10.2 Å². The van der Waals surface area contributed by atoms with E-state index in [0.29, 0.717) is 17.5 Å². The SMILES string of the molecule is NCCC=Cc1ccc2occc(=O)c2c1. The van der Waals surface area contributed by atoms with E-state index in [1.807, 2.05) is 24.3 Å². The summed E-state index contributed by atoms with van der Waals surface area (Å²) in [5.41, 5.74) is 6.97. The average Bonchev–Trinajstić information content (AvgIpc) is 2.30. The van der Waals surface area contributed by atoms with Crippen LogP contribution in [0.2, 0.25) is 0 Å². The number of hydrogen-bond donors (Lipinski definition) is 1. The molecule has 0 atom stereocenters. The van der Waals surface area contributed by atoms with Crippen LogP contribution in [-0.4, -0.2) is 6.54 Å². The van der Waals surface area contributed by atoms with E-state index in [1.165, 1.54) is 12.3 Å². The van der Waals surface area contributed by atoms with Gasteiger partial charge in [-0.25, -0.2) is 0 Å². The molecule has 0 amide bonds. The molecule has 0 aliphatic carbocycles. The van der Waals surface area contributed by atoms with Gasteiger partial charge in [-0.3, -0.25) is 4.79 Å². The molecule has 1 heterocycles. The lowest BCUT2D eigenvalue weighted by Gasteiger charge is -1.97. The van der Waals surface area contributed by atoms with Gasteiger partial charge in [0.15, 0.2) is 5.43 Å². The summed E-state index contributed by atoms with van der Waals surface area (Å²) in [4.78, 5) is 11.6. The summed E-state index contributed by atoms with van der Waals surface area (Å²) in [5, 5.41) is 0.609. The van der Waals surface area contributed by atoms with E-state index < -0.39 is 0 Å².